The van der Waals surface area contributed by atoms with Crippen LogP contribution in [0.25, 0.3) is 0 Å². The zero-order chi connectivity index (χ0) is 26.9. The predicted molar refractivity (Wildman–Crippen MR) is 57.0 cm³/mol. The Balaban J connectivity index is 5.22. The molecule has 5 nitrogen and oxygen atoms in total. The molecule has 0 fully saturated rings. The topological polar surface area (TPSA) is 46.2 Å². The highest BCUT2D eigenvalue weighted by Crippen LogP contribution is 2.44. The van der Waals surface area contributed by atoms with E-state index in [1.165, 1.54) is 0 Å². The minimum Gasteiger partial charge on any atom is -0.368 e. The second-order valence-corrected chi connectivity index (χ2v) is 5.16. The van der Waals surface area contributed by atoms with Crippen molar-refractivity contribution in [2.45, 2.75) is 49.4 Å². The summed E-state index contributed by atoms with van der Waals surface area (Å²) in [7, 11) is 0. The molecule has 0 aromatic carbocycles. The van der Waals surface area contributed by atoms with Crippen LogP contribution in [0.5, 0.6) is 0 Å². The fourth-order valence-corrected chi connectivity index (χ4v) is 1.23. The Morgan fingerprint density at radius 2 is 0.606 bits per heavy atom. The lowest BCUT2D eigenvalue weighted by Crippen LogP contribution is -2.53. The van der Waals surface area contributed by atoms with Crippen LogP contribution in [-0.2, 0) is 23.7 Å². The van der Waals surface area contributed by atoms with Crippen molar-refractivity contribution in [3.05, 3.63) is 0 Å². The summed E-state index contributed by atoms with van der Waals surface area (Å²) in [5.74, 6) is -12.6. The van der Waals surface area contributed by atoms with Gasteiger partial charge >= 0.3 is 49.4 Å². The van der Waals surface area contributed by atoms with Gasteiger partial charge in [0.1, 0.15) is 13.2 Å². The first-order valence-corrected chi connectivity index (χ1v) is 6.82. The molecule has 0 aliphatic carbocycles. The van der Waals surface area contributed by atoms with Crippen molar-refractivity contribution >= 4 is 0 Å². The van der Waals surface area contributed by atoms with Crippen LogP contribution in [0.3, 0.4) is 0 Å². The van der Waals surface area contributed by atoms with Gasteiger partial charge in [0.25, 0.3) is 0 Å². The molecule has 23 heteroatoms. The Labute approximate surface area is 167 Å². The maximum Gasteiger partial charge on any atom is 0.529 e. The summed E-state index contributed by atoms with van der Waals surface area (Å²) in [4.78, 5) is 0. The molecule has 0 amide bonds. The number of rotatable bonds is 12. The predicted octanol–water partition coefficient (Wildman–Crippen LogP) is 5.67. The van der Waals surface area contributed by atoms with Crippen LogP contribution in [0.2, 0.25) is 0 Å². The standard InChI is InChI=1S/C10H4F18O5/c11-3(12,5(15,16)30-9(25,26)32-7(19,20)21)1-29-2-4(13,14)6(17,18)31-10(27,28)33-8(22,23)24/h1-2H2. The van der Waals surface area contributed by atoms with Crippen LogP contribution in [-0.4, -0.2) is 62.6 Å². The molecule has 0 spiro atoms. The van der Waals surface area contributed by atoms with Gasteiger partial charge in [0.15, 0.2) is 0 Å². The summed E-state index contributed by atoms with van der Waals surface area (Å²) in [6.07, 6.45) is -39.4. The van der Waals surface area contributed by atoms with Crippen molar-refractivity contribution in [2.75, 3.05) is 13.2 Å². The van der Waals surface area contributed by atoms with Crippen LogP contribution in [0.15, 0.2) is 0 Å². The van der Waals surface area contributed by atoms with Gasteiger partial charge in [-0.1, -0.05) is 0 Å². The molecule has 0 atom stereocenters. The maximum atomic E-state index is 13.1. The van der Waals surface area contributed by atoms with Crippen molar-refractivity contribution in [3.63, 3.8) is 0 Å². The molecule has 0 saturated heterocycles. The van der Waals surface area contributed by atoms with E-state index >= 15 is 0 Å². The second-order valence-electron chi connectivity index (χ2n) is 5.16. The van der Waals surface area contributed by atoms with Crippen molar-refractivity contribution in [1.82, 2.24) is 0 Å². The highest BCUT2D eigenvalue weighted by atomic mass is 19.4. The fraction of sp³-hybridized carbons (Fsp3) is 1.00. The Morgan fingerprint density at radius 1 is 0.364 bits per heavy atom. The van der Waals surface area contributed by atoms with E-state index in [-0.39, 0.29) is 0 Å². The van der Waals surface area contributed by atoms with Gasteiger partial charge in [0.05, 0.1) is 0 Å². The Hall–Kier alpha value is -1.46. The minimum absolute atomic E-state index is 1.63. The summed E-state index contributed by atoms with van der Waals surface area (Å²) in [5.41, 5.74) is 0. The number of hydrogen-bond acceptors (Lipinski definition) is 5. The van der Waals surface area contributed by atoms with E-state index in [1.54, 1.807) is 18.9 Å². The summed E-state index contributed by atoms with van der Waals surface area (Å²) in [6, 6.07) is 0. The summed E-state index contributed by atoms with van der Waals surface area (Å²) in [5, 5.41) is 0. The first kappa shape index (κ1) is 31.5. The Morgan fingerprint density at radius 3 is 0.818 bits per heavy atom. The highest BCUT2D eigenvalue weighted by Gasteiger charge is 2.67. The van der Waals surface area contributed by atoms with E-state index in [2.05, 4.69) is 4.74 Å². The number of ether oxygens (including phenoxy) is 5. The lowest BCUT2D eigenvalue weighted by molar-refractivity contribution is -0.551. The summed E-state index contributed by atoms with van der Waals surface area (Å²) in [6.45, 7) is -6.66. The molecule has 0 bridgehead atoms. The molecule has 0 aliphatic rings. The summed E-state index contributed by atoms with van der Waals surface area (Å²) >= 11 is 0. The third-order valence-corrected chi connectivity index (χ3v) is 2.38. The lowest BCUT2D eigenvalue weighted by atomic mass is 10.3. The molecule has 0 unspecified atom stereocenters. The van der Waals surface area contributed by atoms with Crippen molar-refractivity contribution < 1.29 is 103 Å². The molecule has 200 valence electrons. The molecule has 33 heavy (non-hydrogen) atoms. The smallest absolute Gasteiger partial charge is 0.368 e. The highest BCUT2D eigenvalue weighted by molar-refractivity contribution is 4.81. The quantitative estimate of drug-likeness (QED) is 0.234. The minimum atomic E-state index is -6.73. The molecule has 0 aromatic heterocycles. The monoisotopic (exact) mass is 546 g/mol. The molecule has 0 aromatic rings. The Kier molecular flexibility index (Phi) is 8.89. The third kappa shape index (κ3) is 10.6. The van der Waals surface area contributed by atoms with Gasteiger partial charge in [-0.15, -0.1) is 43.9 Å². The van der Waals surface area contributed by atoms with E-state index in [0.29, 0.717) is 0 Å². The van der Waals surface area contributed by atoms with Gasteiger partial charge in [-0.2, -0.15) is 44.6 Å². The van der Waals surface area contributed by atoms with Gasteiger partial charge < -0.3 is 4.74 Å². The van der Waals surface area contributed by atoms with E-state index in [9.17, 15) is 79.0 Å². The van der Waals surface area contributed by atoms with Gasteiger partial charge in [0, 0.05) is 0 Å². The Bertz CT molecular complexity index is 586. The molecule has 0 N–H and O–H groups in total. The van der Waals surface area contributed by atoms with E-state index in [4.69, 9.17) is 0 Å². The molecule has 0 radical (unpaired) electrons. The van der Waals surface area contributed by atoms with E-state index in [0.717, 1.165) is 0 Å². The summed E-state index contributed by atoms with van der Waals surface area (Å²) < 4.78 is 233. The third-order valence-electron chi connectivity index (χ3n) is 2.38. The van der Waals surface area contributed by atoms with Gasteiger partial charge in [-0.3, -0.25) is 0 Å². The molecule has 0 heterocycles. The number of alkyl halides is 18. The van der Waals surface area contributed by atoms with Crippen molar-refractivity contribution in [2.24, 2.45) is 0 Å². The fourth-order valence-electron chi connectivity index (χ4n) is 1.23. The van der Waals surface area contributed by atoms with Crippen LogP contribution in [0.4, 0.5) is 79.0 Å². The van der Waals surface area contributed by atoms with Crippen LogP contribution in [0.1, 0.15) is 0 Å². The van der Waals surface area contributed by atoms with Crippen LogP contribution in [0, 0.1) is 0 Å². The normalized spacial score (nSPS) is 15.8. The van der Waals surface area contributed by atoms with E-state index < -0.39 is 62.6 Å². The van der Waals surface area contributed by atoms with Gasteiger partial charge in [-0.25, -0.2) is 9.47 Å². The largest absolute Gasteiger partial charge is 0.529 e. The van der Waals surface area contributed by atoms with Crippen molar-refractivity contribution in [3.8, 4) is 0 Å². The number of hydrogen-bond donors (Lipinski definition) is 0. The number of halogens is 18. The SMILES string of the molecule is FC(F)(F)OC(F)(F)OC(F)(F)C(F)(F)COCC(F)(F)C(F)(F)OC(F)(F)OC(F)(F)F. The molecular weight excluding hydrogens is 542 g/mol. The zero-order valence-corrected chi connectivity index (χ0v) is 14.3. The average molecular weight is 546 g/mol. The first-order valence-electron chi connectivity index (χ1n) is 6.82. The lowest BCUT2D eigenvalue weighted by Gasteiger charge is -2.31. The van der Waals surface area contributed by atoms with Crippen LogP contribution >= 0.6 is 0 Å². The zero-order valence-electron chi connectivity index (χ0n) is 14.3. The molecule has 0 rings (SSSR count). The molecular formula is C10H4F18O5. The van der Waals surface area contributed by atoms with Gasteiger partial charge in [0.2, 0.25) is 0 Å². The van der Waals surface area contributed by atoms with Crippen molar-refractivity contribution in [1.29, 1.82) is 0 Å². The molecule has 0 aliphatic heterocycles. The first-order chi connectivity index (χ1) is 14.0. The maximum absolute atomic E-state index is 13.1. The average Bonchev–Trinajstić information content (AvgIpc) is 2.37. The second kappa shape index (κ2) is 9.30. The van der Waals surface area contributed by atoms with Crippen LogP contribution < -0.4 is 0 Å². The van der Waals surface area contributed by atoms with E-state index in [1.807, 2.05) is 0 Å². The van der Waals surface area contributed by atoms with Gasteiger partial charge in [-0.05, 0) is 0 Å². The molecule has 0 saturated carbocycles.